The van der Waals surface area contributed by atoms with Crippen molar-refractivity contribution in [2.24, 2.45) is 0 Å². The average Bonchev–Trinajstić information content (AvgIpc) is 2.62. The minimum atomic E-state index is -1.03. The first-order chi connectivity index (χ1) is 12.5. The van der Waals surface area contributed by atoms with Gasteiger partial charge in [-0.2, -0.15) is 5.26 Å². The van der Waals surface area contributed by atoms with Crippen LogP contribution in [0.25, 0.3) is 0 Å². The van der Waals surface area contributed by atoms with Gasteiger partial charge in [-0.1, -0.05) is 27.7 Å². The Morgan fingerprint density at radius 1 is 1.07 bits per heavy atom. The molecule has 4 nitrogen and oxygen atoms in total. The number of nitrogens with one attached hydrogen (secondary N) is 1. The Labute approximate surface area is 159 Å². The molecule has 2 rings (SSSR count). The van der Waals surface area contributed by atoms with Crippen LogP contribution < -0.4 is 5.32 Å². The Morgan fingerprint density at radius 3 is 2.30 bits per heavy atom. The molecule has 144 valence electrons. The van der Waals surface area contributed by atoms with Crippen LogP contribution in [0.5, 0.6) is 0 Å². The molecule has 0 bridgehead atoms. The first-order valence-electron chi connectivity index (χ1n) is 8.94. The van der Waals surface area contributed by atoms with Gasteiger partial charge >= 0.3 is 0 Å². The molecule has 2 aromatic rings. The molecule has 1 N–H and O–H groups in total. The van der Waals surface area contributed by atoms with Crippen molar-refractivity contribution >= 4 is 5.82 Å². The number of halogens is 2. The van der Waals surface area contributed by atoms with Crippen molar-refractivity contribution in [3.63, 3.8) is 0 Å². The van der Waals surface area contributed by atoms with Crippen LogP contribution in [0.15, 0.2) is 24.3 Å². The maximum atomic E-state index is 14.2. The van der Waals surface area contributed by atoms with Crippen molar-refractivity contribution in [1.29, 1.82) is 5.26 Å². The second kappa shape index (κ2) is 7.59. The topological polar surface area (TPSA) is 61.6 Å². The maximum absolute atomic E-state index is 14.2. The van der Waals surface area contributed by atoms with Crippen LogP contribution in [0.2, 0.25) is 0 Å². The molecule has 0 fully saturated rings. The number of rotatable bonds is 6. The zero-order valence-electron chi connectivity index (χ0n) is 16.7. The van der Waals surface area contributed by atoms with E-state index in [1.807, 2.05) is 33.8 Å². The van der Waals surface area contributed by atoms with Crippen LogP contribution in [0.4, 0.5) is 14.6 Å². The SMILES string of the molecule is CC(C)c1ccc(C#N)c(C(C)(C)Nc2ccc(F)c(C(C)(C)CF)n2)n1. The lowest BCUT2D eigenvalue weighted by molar-refractivity contribution is 0.333. The van der Waals surface area contributed by atoms with Gasteiger partial charge in [0.05, 0.1) is 22.5 Å². The van der Waals surface area contributed by atoms with Gasteiger partial charge in [-0.05, 0) is 44.0 Å². The Balaban J connectivity index is 2.47. The Morgan fingerprint density at radius 2 is 1.74 bits per heavy atom. The molecule has 0 atom stereocenters. The van der Waals surface area contributed by atoms with E-state index in [-0.39, 0.29) is 11.6 Å². The van der Waals surface area contributed by atoms with Gasteiger partial charge < -0.3 is 5.32 Å². The van der Waals surface area contributed by atoms with E-state index in [0.717, 1.165) is 5.69 Å². The van der Waals surface area contributed by atoms with Crippen LogP contribution in [-0.2, 0) is 11.0 Å². The summed E-state index contributed by atoms with van der Waals surface area (Å²) in [7, 11) is 0. The minimum Gasteiger partial charge on any atom is -0.359 e. The Kier molecular flexibility index (Phi) is 5.84. The largest absolute Gasteiger partial charge is 0.359 e. The first kappa shape index (κ1) is 20.8. The van der Waals surface area contributed by atoms with Crippen LogP contribution in [-0.4, -0.2) is 16.6 Å². The molecule has 0 aliphatic heterocycles. The predicted molar refractivity (Wildman–Crippen MR) is 103 cm³/mol. The fourth-order valence-corrected chi connectivity index (χ4v) is 2.79. The summed E-state index contributed by atoms with van der Waals surface area (Å²) >= 11 is 0. The number of hydrogen-bond acceptors (Lipinski definition) is 4. The molecule has 0 spiro atoms. The standard InChI is InChI=1S/C21H26F2N4/c1-13(2)16-9-7-14(11-24)18(25-16)21(5,6)27-17-10-8-15(23)19(26-17)20(3,4)12-22/h7-10,13H,12H2,1-6H3,(H,26,27). The Hall–Kier alpha value is -2.55. The van der Waals surface area contributed by atoms with Crippen molar-refractivity contribution < 1.29 is 8.78 Å². The highest BCUT2D eigenvalue weighted by Crippen LogP contribution is 2.30. The molecule has 0 saturated heterocycles. The summed E-state index contributed by atoms with van der Waals surface area (Å²) in [6, 6.07) is 8.57. The number of nitriles is 1. The van der Waals surface area contributed by atoms with E-state index in [1.165, 1.54) is 12.1 Å². The maximum Gasteiger partial charge on any atom is 0.145 e. The first-order valence-corrected chi connectivity index (χ1v) is 8.94. The highest BCUT2D eigenvalue weighted by molar-refractivity contribution is 5.46. The molecule has 6 heteroatoms. The van der Waals surface area contributed by atoms with E-state index in [1.54, 1.807) is 19.9 Å². The third-order valence-corrected chi connectivity index (χ3v) is 4.48. The predicted octanol–water partition coefficient (Wildman–Crippen LogP) is 5.21. The van der Waals surface area contributed by atoms with E-state index < -0.39 is 23.4 Å². The number of aromatic nitrogens is 2. The molecule has 0 unspecified atom stereocenters. The molecule has 27 heavy (non-hydrogen) atoms. The van der Waals surface area contributed by atoms with E-state index in [9.17, 15) is 14.0 Å². The van der Waals surface area contributed by atoms with Gasteiger partial charge in [0.25, 0.3) is 0 Å². The van der Waals surface area contributed by atoms with Crippen molar-refractivity contribution in [2.45, 2.75) is 58.4 Å². The summed E-state index contributed by atoms with van der Waals surface area (Å²) in [5.41, 5.74) is 0.231. The highest BCUT2D eigenvalue weighted by Gasteiger charge is 2.30. The summed E-state index contributed by atoms with van der Waals surface area (Å²) in [5, 5.41) is 12.7. The zero-order chi connectivity index (χ0) is 20.4. The van der Waals surface area contributed by atoms with Gasteiger partial charge in [-0.3, -0.25) is 9.37 Å². The number of hydrogen-bond donors (Lipinski definition) is 1. The molecule has 0 aliphatic carbocycles. The summed E-state index contributed by atoms with van der Waals surface area (Å²) in [6.45, 7) is 10.3. The van der Waals surface area contributed by atoms with E-state index in [4.69, 9.17) is 0 Å². The third-order valence-electron chi connectivity index (χ3n) is 4.48. The normalized spacial score (nSPS) is 12.1. The lowest BCUT2D eigenvalue weighted by Gasteiger charge is -2.29. The van der Waals surface area contributed by atoms with Crippen molar-refractivity contribution in [2.75, 3.05) is 12.0 Å². The minimum absolute atomic E-state index is 0.0650. The molecular weight excluding hydrogens is 346 g/mol. The highest BCUT2D eigenvalue weighted by atomic mass is 19.1. The molecular formula is C21H26F2N4. The molecule has 0 saturated carbocycles. The fraction of sp³-hybridized carbons (Fsp3) is 0.476. The smallest absolute Gasteiger partial charge is 0.145 e. The lowest BCUT2D eigenvalue weighted by atomic mass is 9.90. The van der Waals surface area contributed by atoms with Gasteiger partial charge in [0, 0.05) is 11.1 Å². The number of anilines is 1. The molecule has 0 aromatic carbocycles. The van der Waals surface area contributed by atoms with Crippen LogP contribution >= 0.6 is 0 Å². The van der Waals surface area contributed by atoms with Crippen molar-refractivity contribution in [1.82, 2.24) is 9.97 Å². The number of pyridine rings is 2. The van der Waals surface area contributed by atoms with Crippen LogP contribution in [0.3, 0.4) is 0 Å². The summed E-state index contributed by atoms with van der Waals surface area (Å²) in [5.74, 6) is 0.0745. The van der Waals surface area contributed by atoms with E-state index >= 15 is 0 Å². The Bertz CT molecular complexity index is 867. The van der Waals surface area contributed by atoms with E-state index in [2.05, 4.69) is 21.4 Å². The summed E-state index contributed by atoms with van der Waals surface area (Å²) in [4.78, 5) is 8.97. The molecule has 2 aromatic heterocycles. The number of alkyl halides is 1. The molecule has 2 heterocycles. The number of nitrogens with zero attached hydrogens (tertiary/aromatic N) is 3. The third kappa shape index (κ3) is 4.41. The quantitative estimate of drug-likeness (QED) is 0.756. The van der Waals surface area contributed by atoms with Crippen LogP contribution in [0, 0.1) is 17.1 Å². The van der Waals surface area contributed by atoms with Crippen LogP contribution in [0.1, 0.15) is 70.1 Å². The van der Waals surface area contributed by atoms with Gasteiger partial charge in [-0.15, -0.1) is 0 Å². The lowest BCUT2D eigenvalue weighted by Crippen LogP contribution is -2.32. The molecule has 0 radical (unpaired) electrons. The monoisotopic (exact) mass is 372 g/mol. The van der Waals surface area contributed by atoms with Crippen molar-refractivity contribution in [3.05, 3.63) is 52.7 Å². The summed E-state index contributed by atoms with van der Waals surface area (Å²) in [6.07, 6.45) is 0. The summed E-state index contributed by atoms with van der Waals surface area (Å²) < 4.78 is 27.5. The van der Waals surface area contributed by atoms with E-state index in [0.29, 0.717) is 17.1 Å². The second-order valence-electron chi connectivity index (χ2n) is 8.19. The van der Waals surface area contributed by atoms with Gasteiger partial charge in [0.1, 0.15) is 24.4 Å². The van der Waals surface area contributed by atoms with Gasteiger partial charge in [-0.25, -0.2) is 9.37 Å². The fourth-order valence-electron chi connectivity index (χ4n) is 2.79. The van der Waals surface area contributed by atoms with Crippen molar-refractivity contribution in [3.8, 4) is 6.07 Å². The second-order valence-corrected chi connectivity index (χ2v) is 8.19. The van der Waals surface area contributed by atoms with Gasteiger partial charge in [0.2, 0.25) is 0 Å². The zero-order valence-corrected chi connectivity index (χ0v) is 16.7. The molecule has 0 aliphatic rings. The average molecular weight is 372 g/mol. The molecule has 0 amide bonds. The van der Waals surface area contributed by atoms with Gasteiger partial charge in [0.15, 0.2) is 0 Å².